The van der Waals surface area contributed by atoms with Gasteiger partial charge in [0, 0.05) is 16.9 Å². The van der Waals surface area contributed by atoms with Crippen molar-refractivity contribution in [3.8, 4) is 34.5 Å². The van der Waals surface area contributed by atoms with E-state index in [4.69, 9.17) is 29.3 Å². The van der Waals surface area contributed by atoms with Gasteiger partial charge in [-0.15, -0.1) is 5.10 Å². The Kier molecular flexibility index (Phi) is 4.82. The van der Waals surface area contributed by atoms with Crippen LogP contribution in [0.3, 0.4) is 0 Å². The van der Waals surface area contributed by atoms with Gasteiger partial charge in [-0.25, -0.2) is 14.5 Å². The van der Waals surface area contributed by atoms with Crippen LogP contribution in [-0.4, -0.2) is 33.8 Å². The number of methoxy groups -OCH3 is 2. The molecule has 7 rings (SSSR count). The van der Waals surface area contributed by atoms with E-state index >= 15 is 0 Å². The van der Waals surface area contributed by atoms with Gasteiger partial charge in [0.1, 0.15) is 23.6 Å². The number of rotatable bonds is 4. The van der Waals surface area contributed by atoms with Crippen molar-refractivity contribution in [3.05, 3.63) is 108 Å². The van der Waals surface area contributed by atoms with Crippen LogP contribution in [0.5, 0.6) is 23.1 Å². The topological polar surface area (TPSA) is 70.8 Å². The molecule has 4 aromatic carbocycles. The molecule has 0 N–H and O–H groups in total. The minimum atomic E-state index is -0.166. The molecule has 1 unspecified atom stereocenters. The van der Waals surface area contributed by atoms with E-state index in [2.05, 4.69) is 36.4 Å². The number of para-hydroxylation sites is 1. The molecule has 0 saturated carbocycles. The van der Waals surface area contributed by atoms with Crippen LogP contribution in [0.1, 0.15) is 22.6 Å². The monoisotopic (exact) mass is 486 g/mol. The molecule has 180 valence electrons. The number of nitrogens with zero attached hydrogens (tertiary/aromatic N) is 4. The molecule has 1 atom stereocenters. The van der Waals surface area contributed by atoms with Crippen LogP contribution in [-0.2, 0) is 0 Å². The summed E-state index contributed by atoms with van der Waals surface area (Å²) >= 11 is 0. The molecule has 7 nitrogen and oxygen atoms in total. The van der Waals surface area contributed by atoms with Crippen LogP contribution in [0.15, 0.2) is 91.3 Å². The fourth-order valence-electron chi connectivity index (χ4n) is 5.13. The predicted molar refractivity (Wildman–Crippen MR) is 141 cm³/mol. The van der Waals surface area contributed by atoms with Crippen molar-refractivity contribution < 1.29 is 14.2 Å². The maximum Gasteiger partial charge on any atom is 0.228 e. The van der Waals surface area contributed by atoms with Crippen LogP contribution >= 0.6 is 0 Å². The Labute approximate surface area is 212 Å². The lowest BCUT2D eigenvalue weighted by Gasteiger charge is -2.28. The molecule has 1 aliphatic heterocycles. The normalized spacial score (nSPS) is 14.2. The minimum Gasteiger partial charge on any atom is -0.497 e. The van der Waals surface area contributed by atoms with Gasteiger partial charge in [0.05, 0.1) is 25.3 Å². The van der Waals surface area contributed by atoms with Gasteiger partial charge in [-0.3, -0.25) is 0 Å². The molecule has 7 heteroatoms. The Hall–Kier alpha value is -4.91. The summed E-state index contributed by atoms with van der Waals surface area (Å²) in [5.41, 5.74) is 4.49. The molecule has 0 amide bonds. The first kappa shape index (κ1) is 21.4. The van der Waals surface area contributed by atoms with E-state index in [0.717, 1.165) is 44.5 Å². The summed E-state index contributed by atoms with van der Waals surface area (Å²) in [7, 11) is 3.32. The molecule has 2 aromatic heterocycles. The Morgan fingerprint density at radius 3 is 2.49 bits per heavy atom. The number of ether oxygens (including phenoxy) is 3. The molecular formula is C30H22N4O3. The number of benzene rings is 4. The lowest BCUT2D eigenvalue weighted by atomic mass is 9.83. The second kappa shape index (κ2) is 8.34. The molecule has 0 aliphatic carbocycles. The second-order valence-electron chi connectivity index (χ2n) is 8.88. The summed E-state index contributed by atoms with van der Waals surface area (Å²) in [5.74, 6) is 3.24. The van der Waals surface area contributed by atoms with Crippen molar-refractivity contribution in [1.29, 1.82) is 0 Å². The first-order chi connectivity index (χ1) is 18.2. The number of aromatic nitrogens is 4. The number of hydrogen-bond donors (Lipinski definition) is 0. The molecule has 37 heavy (non-hydrogen) atoms. The van der Waals surface area contributed by atoms with Gasteiger partial charge in [-0.05, 0) is 35.2 Å². The summed E-state index contributed by atoms with van der Waals surface area (Å²) in [4.78, 5) is 9.67. The van der Waals surface area contributed by atoms with Crippen molar-refractivity contribution >= 4 is 16.4 Å². The second-order valence-corrected chi connectivity index (χ2v) is 8.88. The highest BCUT2D eigenvalue weighted by Crippen LogP contribution is 2.50. The molecule has 6 aromatic rings. The Bertz CT molecular complexity index is 1790. The van der Waals surface area contributed by atoms with Gasteiger partial charge in [0.2, 0.25) is 5.88 Å². The summed E-state index contributed by atoms with van der Waals surface area (Å²) in [6.45, 7) is 0. The number of hydrogen-bond acceptors (Lipinski definition) is 6. The van der Waals surface area contributed by atoms with Crippen molar-refractivity contribution in [2.24, 2.45) is 0 Å². The highest BCUT2D eigenvalue weighted by molar-refractivity contribution is 5.91. The van der Waals surface area contributed by atoms with Gasteiger partial charge in [0.25, 0.3) is 0 Å². The van der Waals surface area contributed by atoms with Gasteiger partial charge in [0.15, 0.2) is 11.5 Å². The Balaban J connectivity index is 1.50. The van der Waals surface area contributed by atoms with E-state index < -0.39 is 0 Å². The number of fused-ring (bicyclic) bond motifs is 6. The van der Waals surface area contributed by atoms with Gasteiger partial charge in [-0.1, -0.05) is 60.7 Å². The molecule has 0 spiro atoms. The van der Waals surface area contributed by atoms with E-state index in [1.165, 1.54) is 0 Å². The highest BCUT2D eigenvalue weighted by atomic mass is 16.5. The van der Waals surface area contributed by atoms with Crippen LogP contribution in [0, 0.1) is 0 Å². The van der Waals surface area contributed by atoms with Crippen LogP contribution in [0.2, 0.25) is 0 Å². The zero-order chi connectivity index (χ0) is 24.9. The standard InChI is InChI=1S/C30H22N4O3/c1-35-20-14-11-19(12-15-20)25-23-16-13-18-7-3-4-8-21(18)27(23)37-30-26(25)29-32-28(33-34(29)17-31-30)22-9-5-6-10-24(22)36-2/h3-17,25H,1-2H3. The largest absolute Gasteiger partial charge is 0.497 e. The molecule has 0 bridgehead atoms. The molecule has 3 heterocycles. The van der Waals surface area contributed by atoms with Crippen molar-refractivity contribution in [2.75, 3.05) is 14.2 Å². The minimum absolute atomic E-state index is 0.166. The summed E-state index contributed by atoms with van der Waals surface area (Å²) in [6.07, 6.45) is 1.65. The van der Waals surface area contributed by atoms with E-state index in [-0.39, 0.29) is 5.92 Å². The summed E-state index contributed by atoms with van der Waals surface area (Å²) in [5, 5.41) is 6.90. The van der Waals surface area contributed by atoms with Crippen LogP contribution in [0.4, 0.5) is 0 Å². The maximum absolute atomic E-state index is 6.51. The van der Waals surface area contributed by atoms with Gasteiger partial charge < -0.3 is 14.2 Å². The fourth-order valence-corrected chi connectivity index (χ4v) is 5.13. The van der Waals surface area contributed by atoms with E-state index in [0.29, 0.717) is 23.1 Å². The summed E-state index contributed by atoms with van der Waals surface area (Å²) in [6, 6.07) is 28.3. The van der Waals surface area contributed by atoms with Crippen LogP contribution in [0.25, 0.3) is 27.8 Å². The SMILES string of the molecule is COc1ccc(C2c3ccc4ccccc4c3Oc3ncn4nc(-c5ccccc5OC)nc4c32)cc1. The van der Waals surface area contributed by atoms with Gasteiger partial charge >= 0.3 is 0 Å². The average molecular weight is 487 g/mol. The smallest absolute Gasteiger partial charge is 0.228 e. The third-order valence-electron chi connectivity index (χ3n) is 6.89. The highest BCUT2D eigenvalue weighted by Gasteiger charge is 2.34. The molecule has 0 fully saturated rings. The van der Waals surface area contributed by atoms with E-state index in [9.17, 15) is 0 Å². The Morgan fingerprint density at radius 2 is 1.65 bits per heavy atom. The van der Waals surface area contributed by atoms with Crippen molar-refractivity contribution in [1.82, 2.24) is 19.6 Å². The predicted octanol–water partition coefficient (Wildman–Crippen LogP) is 6.25. The van der Waals surface area contributed by atoms with Gasteiger partial charge in [-0.2, -0.15) is 0 Å². The zero-order valence-electron chi connectivity index (χ0n) is 20.3. The lowest BCUT2D eigenvalue weighted by Crippen LogP contribution is -2.15. The van der Waals surface area contributed by atoms with Crippen LogP contribution < -0.4 is 14.2 Å². The Morgan fingerprint density at radius 1 is 0.838 bits per heavy atom. The quantitative estimate of drug-likeness (QED) is 0.293. The first-order valence-corrected chi connectivity index (χ1v) is 12.0. The molecular weight excluding hydrogens is 464 g/mol. The third-order valence-corrected chi connectivity index (χ3v) is 6.89. The van der Waals surface area contributed by atoms with Crippen molar-refractivity contribution in [2.45, 2.75) is 5.92 Å². The maximum atomic E-state index is 6.51. The zero-order valence-corrected chi connectivity index (χ0v) is 20.3. The van der Waals surface area contributed by atoms with Crippen molar-refractivity contribution in [3.63, 3.8) is 0 Å². The molecule has 1 aliphatic rings. The first-order valence-electron chi connectivity index (χ1n) is 12.0. The van der Waals surface area contributed by atoms with E-state index in [1.807, 2.05) is 48.5 Å². The molecule has 0 radical (unpaired) electrons. The van der Waals surface area contributed by atoms with E-state index in [1.54, 1.807) is 25.1 Å². The lowest BCUT2D eigenvalue weighted by molar-refractivity contribution is 0.414. The molecule has 0 saturated heterocycles. The summed E-state index contributed by atoms with van der Waals surface area (Å²) < 4.78 is 19.2. The average Bonchev–Trinajstić information content (AvgIpc) is 3.40. The fraction of sp³-hybridized carbons (Fsp3) is 0.100. The third kappa shape index (κ3) is 3.31.